The minimum Gasteiger partial charge on any atom is -0.0920 e. The molecular weight excluding hydrogens is 427 g/mol. The Labute approximate surface area is 188 Å². The van der Waals surface area contributed by atoms with Crippen LogP contribution in [0.25, 0.3) is 0 Å². The van der Waals surface area contributed by atoms with Crippen LogP contribution in [-0.4, -0.2) is 7.85 Å². The Bertz CT molecular complexity index is 1130. The zero-order chi connectivity index (χ0) is 20.9. The lowest BCUT2D eigenvalue weighted by atomic mass is 9.53. The summed E-state index contributed by atoms with van der Waals surface area (Å²) in [5, 5.41) is 0. The SMILES string of the molecule is [B]c1cccc2c1C(C)(c1ccccc1)c1cccc(Br)c1C2(C)c1ccccc1. The fourth-order valence-corrected chi connectivity index (χ4v) is 6.17. The maximum absolute atomic E-state index is 6.74. The lowest BCUT2D eigenvalue weighted by molar-refractivity contribution is 0.568. The molecule has 5 rings (SSSR count). The highest BCUT2D eigenvalue weighted by molar-refractivity contribution is 9.10. The fraction of sp³-hybridized carbons (Fsp3) is 0.143. The second kappa shape index (κ2) is 6.99. The number of hydrogen-bond acceptors (Lipinski definition) is 0. The van der Waals surface area contributed by atoms with Crippen LogP contribution >= 0.6 is 15.9 Å². The summed E-state index contributed by atoms with van der Waals surface area (Å²) in [6.45, 7) is 4.64. The molecule has 1 aliphatic carbocycles. The molecule has 0 heterocycles. The molecule has 30 heavy (non-hydrogen) atoms. The van der Waals surface area contributed by atoms with Gasteiger partial charge in [-0.2, -0.15) is 0 Å². The third-order valence-electron chi connectivity index (χ3n) is 6.89. The molecule has 0 spiro atoms. The lowest BCUT2D eigenvalue weighted by Crippen LogP contribution is -2.44. The van der Waals surface area contributed by atoms with E-state index in [4.69, 9.17) is 7.85 Å². The average Bonchev–Trinajstić information content (AvgIpc) is 2.78. The Morgan fingerprint density at radius 1 is 0.567 bits per heavy atom. The molecule has 0 aromatic heterocycles. The largest absolute Gasteiger partial charge is 0.114 e. The van der Waals surface area contributed by atoms with E-state index in [2.05, 4.69) is 121 Å². The molecule has 2 atom stereocenters. The van der Waals surface area contributed by atoms with Gasteiger partial charge in [-0.3, -0.25) is 0 Å². The van der Waals surface area contributed by atoms with Crippen LogP contribution in [0.1, 0.15) is 47.2 Å². The molecular formula is C28H22BBr. The van der Waals surface area contributed by atoms with Gasteiger partial charge in [0, 0.05) is 15.3 Å². The molecule has 0 N–H and O–H groups in total. The molecule has 0 saturated carbocycles. The first-order chi connectivity index (χ1) is 14.5. The predicted molar refractivity (Wildman–Crippen MR) is 130 cm³/mol. The summed E-state index contributed by atoms with van der Waals surface area (Å²) in [6, 6.07) is 34.4. The maximum atomic E-state index is 6.74. The lowest BCUT2D eigenvalue weighted by Gasteiger charge is -2.49. The maximum Gasteiger partial charge on any atom is 0.114 e. The smallest absolute Gasteiger partial charge is 0.0920 e. The summed E-state index contributed by atoms with van der Waals surface area (Å²) in [7, 11) is 6.74. The van der Waals surface area contributed by atoms with E-state index >= 15 is 0 Å². The van der Waals surface area contributed by atoms with E-state index in [-0.39, 0.29) is 10.8 Å². The molecule has 0 aliphatic heterocycles. The van der Waals surface area contributed by atoms with E-state index in [0.29, 0.717) is 0 Å². The average molecular weight is 449 g/mol. The summed E-state index contributed by atoms with van der Waals surface area (Å²) in [5.74, 6) is 0. The van der Waals surface area contributed by atoms with Gasteiger partial charge in [-0.05, 0) is 53.3 Å². The third-order valence-corrected chi connectivity index (χ3v) is 7.55. The van der Waals surface area contributed by atoms with Crippen molar-refractivity contribution in [2.75, 3.05) is 0 Å². The highest BCUT2D eigenvalue weighted by Gasteiger charge is 2.49. The monoisotopic (exact) mass is 448 g/mol. The summed E-state index contributed by atoms with van der Waals surface area (Å²) >= 11 is 3.92. The van der Waals surface area contributed by atoms with Crippen molar-refractivity contribution in [1.82, 2.24) is 0 Å². The van der Waals surface area contributed by atoms with Crippen LogP contribution in [0.3, 0.4) is 0 Å². The Morgan fingerprint density at radius 3 is 1.60 bits per heavy atom. The zero-order valence-corrected chi connectivity index (χ0v) is 18.8. The molecule has 0 bridgehead atoms. The van der Waals surface area contributed by atoms with Gasteiger partial charge in [0.25, 0.3) is 0 Å². The van der Waals surface area contributed by atoms with E-state index in [1.807, 2.05) is 6.07 Å². The Balaban J connectivity index is 1.98. The molecule has 4 aromatic rings. The van der Waals surface area contributed by atoms with Gasteiger partial charge in [0.2, 0.25) is 0 Å². The van der Waals surface area contributed by atoms with E-state index < -0.39 is 0 Å². The normalized spacial score (nSPS) is 22.2. The topological polar surface area (TPSA) is 0 Å². The molecule has 0 saturated heterocycles. The van der Waals surface area contributed by atoms with Crippen molar-refractivity contribution >= 4 is 29.2 Å². The second-order valence-corrected chi connectivity index (χ2v) is 9.27. The van der Waals surface area contributed by atoms with Crippen LogP contribution < -0.4 is 5.46 Å². The second-order valence-electron chi connectivity index (χ2n) is 8.41. The van der Waals surface area contributed by atoms with Gasteiger partial charge >= 0.3 is 0 Å². The highest BCUT2D eigenvalue weighted by Crippen LogP contribution is 2.56. The number of benzene rings is 4. The molecule has 144 valence electrons. The number of hydrogen-bond donors (Lipinski definition) is 0. The van der Waals surface area contributed by atoms with E-state index in [1.54, 1.807) is 0 Å². The third kappa shape index (κ3) is 2.53. The fourth-order valence-electron chi connectivity index (χ4n) is 5.41. The van der Waals surface area contributed by atoms with Crippen molar-refractivity contribution in [3.05, 3.63) is 135 Å². The van der Waals surface area contributed by atoms with Crippen LogP contribution in [0.4, 0.5) is 0 Å². The minimum absolute atomic E-state index is 0.324. The van der Waals surface area contributed by atoms with Crippen LogP contribution in [0.5, 0.6) is 0 Å². The van der Waals surface area contributed by atoms with Gasteiger partial charge in [-0.15, -0.1) is 0 Å². The van der Waals surface area contributed by atoms with Crippen molar-refractivity contribution in [1.29, 1.82) is 0 Å². The summed E-state index contributed by atoms with van der Waals surface area (Å²) in [5.41, 5.74) is 7.74. The molecule has 2 heteroatoms. The van der Waals surface area contributed by atoms with Gasteiger partial charge < -0.3 is 0 Å². The van der Waals surface area contributed by atoms with Crippen molar-refractivity contribution < 1.29 is 0 Å². The molecule has 2 unspecified atom stereocenters. The van der Waals surface area contributed by atoms with Crippen LogP contribution in [0, 0.1) is 0 Å². The van der Waals surface area contributed by atoms with E-state index in [1.165, 1.54) is 33.4 Å². The number of halogens is 1. The Kier molecular flexibility index (Phi) is 4.52. The first kappa shape index (κ1) is 19.4. The van der Waals surface area contributed by atoms with Crippen LogP contribution in [0.2, 0.25) is 0 Å². The van der Waals surface area contributed by atoms with Crippen molar-refractivity contribution in [2.24, 2.45) is 0 Å². The van der Waals surface area contributed by atoms with Crippen LogP contribution in [-0.2, 0) is 10.8 Å². The summed E-state index contributed by atoms with van der Waals surface area (Å²) in [6.07, 6.45) is 0. The predicted octanol–water partition coefficient (Wildman–Crippen LogP) is 6.26. The van der Waals surface area contributed by atoms with Gasteiger partial charge in [-0.25, -0.2) is 0 Å². The number of fused-ring (bicyclic) bond motifs is 2. The summed E-state index contributed by atoms with van der Waals surface area (Å²) < 4.78 is 1.13. The number of rotatable bonds is 2. The quantitative estimate of drug-likeness (QED) is 0.317. The van der Waals surface area contributed by atoms with Crippen molar-refractivity contribution in [2.45, 2.75) is 24.7 Å². The highest BCUT2D eigenvalue weighted by atomic mass is 79.9. The van der Waals surface area contributed by atoms with Crippen molar-refractivity contribution in [3.8, 4) is 0 Å². The minimum atomic E-state index is -0.352. The van der Waals surface area contributed by atoms with Gasteiger partial charge in [-0.1, -0.05) is 112 Å². The molecule has 0 fully saturated rings. The van der Waals surface area contributed by atoms with Gasteiger partial charge in [0.1, 0.15) is 7.85 Å². The molecule has 2 radical (unpaired) electrons. The Hall–Kier alpha value is -2.58. The van der Waals surface area contributed by atoms with Gasteiger partial charge in [0.05, 0.1) is 0 Å². The molecule has 1 aliphatic rings. The molecule has 0 nitrogen and oxygen atoms in total. The summed E-state index contributed by atoms with van der Waals surface area (Å²) in [4.78, 5) is 0. The zero-order valence-electron chi connectivity index (χ0n) is 17.2. The molecule has 0 amide bonds. The first-order valence-electron chi connectivity index (χ1n) is 10.3. The standard InChI is InChI=1S/C28H22BBr/c1-27(19-11-5-3-6-12-19)22-16-10-18-24(30)26(22)28(2,20-13-7-4-8-14-20)21-15-9-17-23(29)25(21)27/h3-18H,1-2H3. The van der Waals surface area contributed by atoms with Crippen LogP contribution in [0.15, 0.2) is 102 Å². The van der Waals surface area contributed by atoms with E-state index in [9.17, 15) is 0 Å². The van der Waals surface area contributed by atoms with Gasteiger partial charge in [0.15, 0.2) is 0 Å². The van der Waals surface area contributed by atoms with Crippen molar-refractivity contribution in [3.63, 3.8) is 0 Å². The van der Waals surface area contributed by atoms with E-state index in [0.717, 1.165) is 9.94 Å². The Morgan fingerprint density at radius 2 is 1.03 bits per heavy atom. The first-order valence-corrected chi connectivity index (χ1v) is 11.1. The molecule has 4 aromatic carbocycles.